The SMILES string of the molecule is NC(CO)(CO)CO.O=C([O-])[C@H](O)[C@@H](O)[C@H](O)[C@H](O)CO.[Al+3].[OH-].[OH-]. The van der Waals surface area contributed by atoms with Crippen molar-refractivity contribution >= 4 is 23.3 Å². The molecule has 0 bridgehead atoms. The number of carboxylic acid groups (broad SMARTS) is 1. The van der Waals surface area contributed by atoms with Crippen LogP contribution in [0.5, 0.6) is 0 Å². The molecule has 24 heavy (non-hydrogen) atoms. The van der Waals surface area contributed by atoms with Crippen molar-refractivity contribution in [3.05, 3.63) is 0 Å². The number of aliphatic hydroxyl groups is 8. The molecule has 14 heteroatoms. The Morgan fingerprint density at radius 3 is 1.42 bits per heavy atom. The summed E-state index contributed by atoms with van der Waals surface area (Å²) >= 11 is 0. The summed E-state index contributed by atoms with van der Waals surface area (Å²) in [5.74, 6) is -1.98. The Morgan fingerprint density at radius 1 is 0.917 bits per heavy atom. The molecule has 0 radical (unpaired) electrons. The fourth-order valence-corrected chi connectivity index (χ4v) is 0.812. The Morgan fingerprint density at radius 2 is 1.25 bits per heavy atom. The fourth-order valence-electron chi connectivity index (χ4n) is 0.812. The number of hydrogen-bond donors (Lipinski definition) is 9. The largest absolute Gasteiger partial charge is 3.00 e. The zero-order chi connectivity index (χ0) is 17.2. The molecule has 0 aliphatic carbocycles. The van der Waals surface area contributed by atoms with Gasteiger partial charge in [-0.25, -0.2) is 0 Å². The third kappa shape index (κ3) is 12.9. The Balaban J connectivity index is -0.0000000968. The van der Waals surface area contributed by atoms with Crippen LogP contribution in [-0.4, -0.2) is 132 Å². The van der Waals surface area contributed by atoms with Crippen LogP contribution in [0.15, 0.2) is 0 Å². The van der Waals surface area contributed by atoms with E-state index in [0.29, 0.717) is 0 Å². The molecule has 0 saturated heterocycles. The van der Waals surface area contributed by atoms with Gasteiger partial charge >= 0.3 is 17.4 Å². The van der Waals surface area contributed by atoms with E-state index >= 15 is 0 Å². The molecule has 0 aromatic carbocycles. The Hall–Kier alpha value is -0.438. The van der Waals surface area contributed by atoms with Crippen LogP contribution in [0.1, 0.15) is 0 Å². The van der Waals surface area contributed by atoms with E-state index in [4.69, 9.17) is 46.6 Å². The Labute approximate surface area is 148 Å². The van der Waals surface area contributed by atoms with Gasteiger partial charge in [-0.2, -0.15) is 0 Å². The van der Waals surface area contributed by atoms with Gasteiger partial charge in [0.05, 0.1) is 37.9 Å². The van der Waals surface area contributed by atoms with Gasteiger partial charge in [-0.15, -0.1) is 0 Å². The average molecular weight is 377 g/mol. The van der Waals surface area contributed by atoms with E-state index in [1.54, 1.807) is 0 Å². The summed E-state index contributed by atoms with van der Waals surface area (Å²) in [7, 11) is 0. The molecule has 4 atom stereocenters. The molecule has 0 unspecified atom stereocenters. The number of nitrogens with two attached hydrogens (primary N) is 1. The van der Waals surface area contributed by atoms with Crippen LogP contribution >= 0.6 is 0 Å². The smallest absolute Gasteiger partial charge is 0.870 e. The molecule has 0 amide bonds. The zero-order valence-electron chi connectivity index (χ0n) is 12.6. The monoisotopic (exact) mass is 377 g/mol. The second kappa shape index (κ2) is 17.4. The van der Waals surface area contributed by atoms with E-state index < -0.39 is 62.4 Å². The van der Waals surface area contributed by atoms with Crippen LogP contribution in [0.3, 0.4) is 0 Å². The number of hydrogen-bond acceptors (Lipinski definition) is 13. The molecule has 0 saturated carbocycles. The van der Waals surface area contributed by atoms with E-state index in [9.17, 15) is 9.90 Å². The maximum atomic E-state index is 9.98. The third-order valence-corrected chi connectivity index (χ3v) is 2.44. The summed E-state index contributed by atoms with van der Waals surface area (Å²) in [6.45, 7) is -2.07. The molecular formula is C10H24AlNO12. The van der Waals surface area contributed by atoms with Gasteiger partial charge in [0, 0.05) is 0 Å². The molecule has 0 fully saturated rings. The molecule has 0 rings (SSSR count). The number of carbonyl (C=O) groups is 1. The third-order valence-electron chi connectivity index (χ3n) is 2.44. The maximum Gasteiger partial charge on any atom is 3.00 e. The van der Waals surface area contributed by atoms with Gasteiger partial charge in [0.15, 0.2) is 0 Å². The van der Waals surface area contributed by atoms with E-state index in [2.05, 4.69) is 0 Å². The summed E-state index contributed by atoms with van der Waals surface area (Å²) in [6.07, 6.45) is -8.08. The predicted molar refractivity (Wildman–Crippen MR) is 73.9 cm³/mol. The van der Waals surface area contributed by atoms with Crippen molar-refractivity contribution < 1.29 is 61.7 Å². The molecule has 0 heterocycles. The first-order valence-electron chi connectivity index (χ1n) is 5.75. The van der Waals surface area contributed by atoms with Crippen LogP contribution < -0.4 is 10.8 Å². The zero-order valence-corrected chi connectivity index (χ0v) is 13.7. The van der Waals surface area contributed by atoms with Gasteiger partial charge < -0.3 is 67.4 Å². The Bertz CT molecular complexity index is 285. The molecule has 0 aliphatic rings. The summed E-state index contributed by atoms with van der Waals surface area (Å²) in [4.78, 5) is 9.98. The molecule has 0 spiro atoms. The first-order valence-corrected chi connectivity index (χ1v) is 5.75. The summed E-state index contributed by atoms with van der Waals surface area (Å²) < 4.78 is 0. The van der Waals surface area contributed by atoms with Gasteiger partial charge in [0.25, 0.3) is 0 Å². The van der Waals surface area contributed by atoms with Gasteiger partial charge in [0.1, 0.15) is 24.4 Å². The predicted octanol–water partition coefficient (Wildman–Crippen LogP) is -7.90. The van der Waals surface area contributed by atoms with Crippen LogP contribution in [-0.2, 0) is 4.79 Å². The number of carbonyl (C=O) groups excluding carboxylic acids is 1. The van der Waals surface area contributed by atoms with Crippen LogP contribution in [0.2, 0.25) is 0 Å². The van der Waals surface area contributed by atoms with Crippen molar-refractivity contribution in [3.63, 3.8) is 0 Å². The van der Waals surface area contributed by atoms with Crippen molar-refractivity contribution in [3.8, 4) is 0 Å². The Kier molecular flexibility index (Phi) is 25.2. The second-order valence-electron chi connectivity index (χ2n) is 4.33. The van der Waals surface area contributed by atoms with Gasteiger partial charge in [0.2, 0.25) is 0 Å². The van der Waals surface area contributed by atoms with Crippen molar-refractivity contribution in [2.75, 3.05) is 26.4 Å². The molecule has 13 nitrogen and oxygen atoms in total. The van der Waals surface area contributed by atoms with E-state index in [-0.39, 0.29) is 28.3 Å². The number of aliphatic hydroxyl groups excluding tert-OH is 8. The summed E-state index contributed by atoms with van der Waals surface area (Å²) in [5.41, 5.74) is 3.94. The number of rotatable bonds is 8. The second-order valence-corrected chi connectivity index (χ2v) is 4.33. The quantitative estimate of drug-likeness (QED) is 0.178. The van der Waals surface area contributed by atoms with E-state index in [1.807, 2.05) is 0 Å². The standard InChI is InChI=1S/C6H12O7.C4H11NO3.Al.2H2O/c7-1-2(8)3(9)4(10)5(11)6(12)13;5-4(1-6,2-7)3-8;;;/h2-5,7-11H,1H2,(H,12,13);6-8H,1-3,5H2;;2*1H2/q;;+3;;/p-3/t2-,3-,4+,5-;;;;/m1..../s1. The van der Waals surface area contributed by atoms with Gasteiger partial charge in [-0.1, -0.05) is 0 Å². The van der Waals surface area contributed by atoms with Crippen LogP contribution in [0.25, 0.3) is 0 Å². The normalized spacial score (nSPS) is 15.0. The average Bonchev–Trinajstić information content (AvgIpc) is 2.51. The summed E-state index contributed by atoms with van der Waals surface area (Å²) in [6, 6.07) is 0. The minimum absolute atomic E-state index is 0. The topological polar surface area (TPSA) is 288 Å². The minimum Gasteiger partial charge on any atom is -0.870 e. The number of carboxylic acids is 1. The molecule has 0 aromatic heterocycles. The summed E-state index contributed by atoms with van der Waals surface area (Å²) in [5, 5.41) is 78.5. The van der Waals surface area contributed by atoms with Crippen molar-refractivity contribution in [1.82, 2.24) is 0 Å². The molecule has 0 aromatic rings. The van der Waals surface area contributed by atoms with Crippen molar-refractivity contribution in [1.29, 1.82) is 0 Å². The minimum atomic E-state index is -2.31. The van der Waals surface area contributed by atoms with Crippen molar-refractivity contribution in [2.24, 2.45) is 5.73 Å². The fraction of sp³-hybridized carbons (Fsp3) is 0.900. The van der Waals surface area contributed by atoms with Crippen molar-refractivity contribution in [2.45, 2.75) is 30.0 Å². The van der Waals surface area contributed by atoms with Crippen LogP contribution in [0, 0.1) is 0 Å². The molecule has 12 N–H and O–H groups in total. The first-order chi connectivity index (χ1) is 9.59. The molecular weight excluding hydrogens is 353 g/mol. The molecule has 0 aliphatic heterocycles. The maximum absolute atomic E-state index is 9.98. The van der Waals surface area contributed by atoms with Gasteiger partial charge in [-0.3, -0.25) is 0 Å². The van der Waals surface area contributed by atoms with Crippen LogP contribution in [0.4, 0.5) is 0 Å². The van der Waals surface area contributed by atoms with Gasteiger partial charge in [-0.05, 0) is 0 Å². The molecule has 144 valence electrons. The number of aliphatic carboxylic acids is 1. The van der Waals surface area contributed by atoms with E-state index in [1.165, 1.54) is 0 Å². The first kappa shape index (κ1) is 34.8. The van der Waals surface area contributed by atoms with E-state index in [0.717, 1.165) is 0 Å².